The molecule has 2 fully saturated rings. The first-order valence-corrected chi connectivity index (χ1v) is 7.08. The fraction of sp³-hybridized carbons (Fsp3) is 0.923. The molecule has 2 rings (SSSR count). The van der Waals surface area contributed by atoms with E-state index in [1.54, 1.807) is 0 Å². The van der Waals surface area contributed by atoms with Gasteiger partial charge >= 0.3 is 0 Å². The highest BCUT2D eigenvalue weighted by Gasteiger charge is 2.37. The summed E-state index contributed by atoms with van der Waals surface area (Å²) in [6.07, 6.45) is 8.54. The van der Waals surface area contributed by atoms with Gasteiger partial charge in [-0.1, -0.05) is 12.8 Å². The number of likely N-dealkylation sites (tertiary alicyclic amines) is 1. The van der Waals surface area contributed by atoms with Crippen LogP contribution in [0.3, 0.4) is 0 Å². The third-order valence-corrected chi connectivity index (χ3v) is 4.56. The number of thiocarbonyl (C=S) groups is 1. The number of nitrogens with one attached hydrogen (secondary N) is 1. The molecule has 0 atom stereocenters. The van der Waals surface area contributed by atoms with Gasteiger partial charge in [0, 0.05) is 19.1 Å². The Bertz CT molecular complexity index is 247. The highest BCUT2D eigenvalue weighted by Crippen LogP contribution is 2.46. The smallest absolute Gasteiger partial charge is 0.169 e. The molecule has 1 saturated carbocycles. The van der Waals surface area contributed by atoms with E-state index in [9.17, 15) is 0 Å². The molecule has 0 unspecified atom stereocenters. The molecular weight excluding hydrogens is 216 g/mol. The van der Waals surface area contributed by atoms with E-state index in [0.29, 0.717) is 11.5 Å². The minimum atomic E-state index is 0.454. The van der Waals surface area contributed by atoms with Gasteiger partial charge < -0.3 is 10.2 Å². The number of hydrogen-bond donors (Lipinski definition) is 1. The molecule has 3 heteroatoms. The molecule has 0 aromatic rings. The maximum Gasteiger partial charge on any atom is 0.169 e. The van der Waals surface area contributed by atoms with Gasteiger partial charge in [-0.3, -0.25) is 0 Å². The lowest BCUT2D eigenvalue weighted by atomic mass is 9.77. The lowest BCUT2D eigenvalue weighted by Gasteiger charge is -2.40. The first-order chi connectivity index (χ1) is 7.61. The SMILES string of the molecule is CC(C)NC(=S)N1CCC2(CCCC2)CC1. The van der Waals surface area contributed by atoms with Crippen molar-refractivity contribution >= 4 is 17.3 Å². The van der Waals surface area contributed by atoms with Crippen LogP contribution in [0.5, 0.6) is 0 Å². The Morgan fingerprint density at radius 3 is 2.19 bits per heavy atom. The number of nitrogens with zero attached hydrogens (tertiary/aromatic N) is 1. The molecule has 1 heterocycles. The summed E-state index contributed by atoms with van der Waals surface area (Å²) in [6, 6.07) is 0.454. The van der Waals surface area contributed by atoms with E-state index in [1.807, 2.05) is 0 Å². The fourth-order valence-corrected chi connectivity index (χ4v) is 3.57. The second kappa shape index (κ2) is 4.91. The van der Waals surface area contributed by atoms with Gasteiger partial charge in [0.2, 0.25) is 0 Å². The Labute approximate surface area is 105 Å². The van der Waals surface area contributed by atoms with Crippen molar-refractivity contribution in [2.45, 2.75) is 58.4 Å². The normalized spacial score (nSPS) is 24.1. The molecule has 0 aromatic carbocycles. The van der Waals surface area contributed by atoms with E-state index >= 15 is 0 Å². The first-order valence-electron chi connectivity index (χ1n) is 6.67. The van der Waals surface area contributed by atoms with Crippen molar-refractivity contribution in [2.24, 2.45) is 5.41 Å². The Morgan fingerprint density at radius 2 is 1.69 bits per heavy atom. The minimum absolute atomic E-state index is 0.454. The van der Waals surface area contributed by atoms with Crippen molar-refractivity contribution < 1.29 is 0 Å². The van der Waals surface area contributed by atoms with Crippen molar-refractivity contribution in [2.75, 3.05) is 13.1 Å². The molecule has 1 aliphatic heterocycles. The van der Waals surface area contributed by atoms with Crippen LogP contribution in [0.15, 0.2) is 0 Å². The van der Waals surface area contributed by atoms with Crippen LogP contribution < -0.4 is 5.32 Å². The Hall–Kier alpha value is -0.310. The predicted octanol–water partition coefficient (Wildman–Crippen LogP) is 2.93. The largest absolute Gasteiger partial charge is 0.360 e. The van der Waals surface area contributed by atoms with E-state index in [1.165, 1.54) is 51.6 Å². The molecule has 2 aliphatic rings. The highest BCUT2D eigenvalue weighted by molar-refractivity contribution is 7.80. The molecule has 16 heavy (non-hydrogen) atoms. The lowest BCUT2D eigenvalue weighted by Crippen LogP contribution is -2.48. The zero-order chi connectivity index (χ0) is 11.6. The number of rotatable bonds is 1. The van der Waals surface area contributed by atoms with Crippen molar-refractivity contribution in [3.8, 4) is 0 Å². The summed E-state index contributed by atoms with van der Waals surface area (Å²) in [6.45, 7) is 6.63. The van der Waals surface area contributed by atoms with Gasteiger partial charge in [-0.15, -0.1) is 0 Å². The van der Waals surface area contributed by atoms with E-state index in [2.05, 4.69) is 24.1 Å². The van der Waals surface area contributed by atoms with Crippen molar-refractivity contribution in [3.05, 3.63) is 0 Å². The third kappa shape index (κ3) is 2.68. The standard InChI is InChI=1S/C13H24N2S/c1-11(2)14-12(16)15-9-7-13(8-10-15)5-3-4-6-13/h11H,3-10H2,1-2H3,(H,14,16). The summed E-state index contributed by atoms with van der Waals surface area (Å²) in [5, 5.41) is 4.31. The zero-order valence-electron chi connectivity index (χ0n) is 10.6. The second-order valence-corrected chi connectivity index (χ2v) is 6.19. The van der Waals surface area contributed by atoms with Gasteiger partial charge in [-0.25, -0.2) is 0 Å². The van der Waals surface area contributed by atoms with Gasteiger partial charge in [0.25, 0.3) is 0 Å². The molecule has 1 spiro atoms. The predicted molar refractivity (Wildman–Crippen MR) is 72.6 cm³/mol. The fourth-order valence-electron chi connectivity index (χ4n) is 3.15. The van der Waals surface area contributed by atoms with Crippen LogP contribution in [0, 0.1) is 5.41 Å². The minimum Gasteiger partial charge on any atom is -0.360 e. The molecule has 0 aromatic heterocycles. The van der Waals surface area contributed by atoms with E-state index in [4.69, 9.17) is 12.2 Å². The molecule has 0 radical (unpaired) electrons. The van der Waals surface area contributed by atoms with Crippen molar-refractivity contribution in [3.63, 3.8) is 0 Å². The van der Waals surface area contributed by atoms with Crippen LogP contribution in [0.1, 0.15) is 52.4 Å². The average Bonchev–Trinajstić information content (AvgIpc) is 2.66. The Balaban J connectivity index is 1.82. The molecular formula is C13H24N2S. The molecule has 0 amide bonds. The molecule has 92 valence electrons. The number of hydrogen-bond acceptors (Lipinski definition) is 1. The molecule has 0 bridgehead atoms. The third-order valence-electron chi connectivity index (χ3n) is 4.19. The summed E-state index contributed by atoms with van der Waals surface area (Å²) in [5.41, 5.74) is 0.698. The van der Waals surface area contributed by atoms with Gasteiger partial charge in [0.1, 0.15) is 0 Å². The summed E-state index contributed by atoms with van der Waals surface area (Å²) in [7, 11) is 0. The quantitative estimate of drug-likeness (QED) is 0.710. The summed E-state index contributed by atoms with van der Waals surface area (Å²) < 4.78 is 0. The van der Waals surface area contributed by atoms with Crippen molar-refractivity contribution in [1.29, 1.82) is 0 Å². The number of piperidine rings is 1. The van der Waals surface area contributed by atoms with Crippen LogP contribution >= 0.6 is 12.2 Å². The summed E-state index contributed by atoms with van der Waals surface area (Å²) >= 11 is 5.43. The van der Waals surface area contributed by atoms with E-state index in [-0.39, 0.29) is 0 Å². The van der Waals surface area contributed by atoms with Gasteiger partial charge in [0.05, 0.1) is 0 Å². The topological polar surface area (TPSA) is 15.3 Å². The van der Waals surface area contributed by atoms with Crippen LogP contribution in [-0.2, 0) is 0 Å². The zero-order valence-corrected chi connectivity index (χ0v) is 11.4. The first kappa shape index (κ1) is 12.2. The second-order valence-electron chi connectivity index (χ2n) is 5.80. The van der Waals surface area contributed by atoms with E-state index in [0.717, 1.165) is 5.11 Å². The molecule has 2 nitrogen and oxygen atoms in total. The summed E-state index contributed by atoms with van der Waals surface area (Å²) in [4.78, 5) is 2.36. The van der Waals surface area contributed by atoms with Crippen LogP contribution in [0.4, 0.5) is 0 Å². The van der Waals surface area contributed by atoms with Crippen molar-refractivity contribution in [1.82, 2.24) is 10.2 Å². The van der Waals surface area contributed by atoms with Gasteiger partial charge in [-0.05, 0) is 57.2 Å². The Kier molecular flexibility index (Phi) is 3.73. The molecule has 1 aliphatic carbocycles. The van der Waals surface area contributed by atoms with Gasteiger partial charge in [0.15, 0.2) is 5.11 Å². The van der Waals surface area contributed by atoms with Gasteiger partial charge in [-0.2, -0.15) is 0 Å². The lowest BCUT2D eigenvalue weighted by molar-refractivity contribution is 0.153. The molecule has 1 saturated heterocycles. The Morgan fingerprint density at radius 1 is 1.12 bits per heavy atom. The van der Waals surface area contributed by atoms with Crippen LogP contribution in [0.2, 0.25) is 0 Å². The maximum atomic E-state index is 5.43. The monoisotopic (exact) mass is 240 g/mol. The summed E-state index contributed by atoms with van der Waals surface area (Å²) in [5.74, 6) is 0. The molecule has 1 N–H and O–H groups in total. The van der Waals surface area contributed by atoms with Crippen LogP contribution in [-0.4, -0.2) is 29.1 Å². The van der Waals surface area contributed by atoms with E-state index < -0.39 is 0 Å². The highest BCUT2D eigenvalue weighted by atomic mass is 32.1. The maximum absolute atomic E-state index is 5.43. The average molecular weight is 240 g/mol. The van der Waals surface area contributed by atoms with Crippen LogP contribution in [0.25, 0.3) is 0 Å².